The van der Waals surface area contributed by atoms with Crippen molar-refractivity contribution in [3.05, 3.63) is 58.6 Å². The number of thiazole rings is 1. The van der Waals surface area contributed by atoms with Gasteiger partial charge in [-0.3, -0.25) is 0 Å². The van der Waals surface area contributed by atoms with E-state index in [1.165, 1.54) is 37.3 Å². The van der Waals surface area contributed by atoms with E-state index in [0.717, 1.165) is 13.1 Å². The number of aromatic nitrogens is 1. The minimum Gasteiger partial charge on any atom is -1.00 e. The monoisotopic (exact) mass is 358 g/mol. The van der Waals surface area contributed by atoms with Crippen molar-refractivity contribution in [1.82, 2.24) is 0 Å². The number of halogens is 1. The highest BCUT2D eigenvalue weighted by atomic mass is 35.5. The van der Waals surface area contributed by atoms with Gasteiger partial charge in [-0.05, 0) is 18.2 Å². The van der Waals surface area contributed by atoms with Crippen LogP contribution < -0.4 is 21.9 Å². The molecule has 2 aromatic carbocycles. The van der Waals surface area contributed by atoms with Crippen LogP contribution in [0.5, 0.6) is 0 Å². The van der Waals surface area contributed by atoms with Gasteiger partial charge in [0.1, 0.15) is 4.70 Å². The first-order valence-electron chi connectivity index (χ1n) is 7.58. The summed E-state index contributed by atoms with van der Waals surface area (Å²) in [5.74, 6) is 0. The molecular formula is C18H15ClN2S2. The number of hydrogen-bond donors (Lipinski definition) is 0. The average Bonchev–Trinajstić information content (AvgIpc) is 3.04. The molecule has 0 saturated carbocycles. The molecule has 3 aromatic rings. The highest BCUT2D eigenvalue weighted by Gasteiger charge is 2.29. The van der Waals surface area contributed by atoms with Gasteiger partial charge in [-0.15, -0.1) is 0 Å². The molecule has 0 atom stereocenters. The van der Waals surface area contributed by atoms with Crippen LogP contribution in [0, 0.1) is 0 Å². The third kappa shape index (κ3) is 2.36. The molecule has 0 bridgehead atoms. The van der Waals surface area contributed by atoms with Crippen LogP contribution >= 0.6 is 23.1 Å². The van der Waals surface area contributed by atoms with Crippen LogP contribution in [0.3, 0.4) is 0 Å². The van der Waals surface area contributed by atoms with Crippen LogP contribution in [-0.2, 0) is 6.54 Å². The normalized spacial score (nSPS) is 15.8. The Kier molecular flexibility index (Phi) is 3.84. The number of thioether (sulfide) groups is 1. The van der Waals surface area contributed by atoms with E-state index in [0.29, 0.717) is 0 Å². The predicted molar refractivity (Wildman–Crippen MR) is 94.3 cm³/mol. The molecule has 0 radical (unpaired) electrons. The van der Waals surface area contributed by atoms with Crippen molar-refractivity contribution in [3.8, 4) is 0 Å². The molecule has 0 N–H and O–H groups in total. The van der Waals surface area contributed by atoms with Gasteiger partial charge in [0.15, 0.2) is 6.54 Å². The zero-order valence-corrected chi connectivity index (χ0v) is 14.8. The molecule has 0 unspecified atom stereocenters. The van der Waals surface area contributed by atoms with E-state index < -0.39 is 0 Å². The predicted octanol–water partition coefficient (Wildman–Crippen LogP) is 1.51. The third-order valence-corrected chi connectivity index (χ3v) is 6.51. The lowest BCUT2D eigenvalue weighted by Crippen LogP contribution is -3.00. The number of benzene rings is 2. The van der Waals surface area contributed by atoms with E-state index in [-0.39, 0.29) is 12.4 Å². The average molecular weight is 359 g/mol. The zero-order chi connectivity index (χ0) is 14.5. The number of aryl methyl sites for hydroxylation is 1. The lowest BCUT2D eigenvalue weighted by Gasteiger charge is -2.20. The summed E-state index contributed by atoms with van der Waals surface area (Å²) in [6.07, 6.45) is 3.54. The summed E-state index contributed by atoms with van der Waals surface area (Å²) in [6, 6.07) is 17.5. The molecule has 3 heterocycles. The Morgan fingerprint density at radius 1 is 1.00 bits per heavy atom. The van der Waals surface area contributed by atoms with E-state index in [2.05, 4.69) is 64.1 Å². The second kappa shape index (κ2) is 5.86. The number of nitrogens with zero attached hydrogens (tertiary/aromatic N) is 2. The molecule has 2 aliphatic rings. The van der Waals surface area contributed by atoms with Crippen molar-refractivity contribution in [1.29, 1.82) is 0 Å². The fourth-order valence-corrected chi connectivity index (χ4v) is 5.60. The van der Waals surface area contributed by atoms with Crippen molar-refractivity contribution >= 4 is 45.1 Å². The molecule has 1 aromatic heterocycles. The topological polar surface area (TPSA) is 7.12 Å². The van der Waals surface area contributed by atoms with Crippen LogP contribution in [0.15, 0.2) is 58.5 Å². The minimum atomic E-state index is 0. The van der Waals surface area contributed by atoms with Gasteiger partial charge in [-0.1, -0.05) is 47.4 Å². The first kappa shape index (κ1) is 15.1. The maximum absolute atomic E-state index is 2.48. The fourth-order valence-electron chi connectivity index (χ4n) is 3.27. The van der Waals surface area contributed by atoms with E-state index in [4.69, 9.17) is 0 Å². The summed E-state index contributed by atoms with van der Waals surface area (Å²) in [5.41, 5.74) is 2.74. The number of rotatable bonds is 0. The summed E-state index contributed by atoms with van der Waals surface area (Å²) < 4.78 is 3.86. The number of hydrogen-bond acceptors (Lipinski definition) is 3. The smallest absolute Gasteiger partial charge is 0.265 e. The Labute approximate surface area is 149 Å². The van der Waals surface area contributed by atoms with Gasteiger partial charge < -0.3 is 17.3 Å². The van der Waals surface area contributed by atoms with Gasteiger partial charge >= 0.3 is 0 Å². The molecule has 5 heteroatoms. The second-order valence-electron chi connectivity index (χ2n) is 5.62. The third-order valence-electron chi connectivity index (χ3n) is 4.28. The van der Waals surface area contributed by atoms with Crippen LogP contribution in [0.25, 0.3) is 16.3 Å². The highest BCUT2D eigenvalue weighted by Crippen LogP contribution is 2.47. The first-order valence-corrected chi connectivity index (χ1v) is 9.21. The summed E-state index contributed by atoms with van der Waals surface area (Å²) in [5, 5.41) is 2.72. The van der Waals surface area contributed by atoms with Crippen LogP contribution in [0.4, 0.5) is 5.69 Å². The van der Waals surface area contributed by atoms with Gasteiger partial charge in [0.2, 0.25) is 5.52 Å². The molecule has 0 amide bonds. The summed E-state index contributed by atoms with van der Waals surface area (Å²) >= 11 is 3.79. The lowest BCUT2D eigenvalue weighted by atomic mass is 10.2. The van der Waals surface area contributed by atoms with Crippen LogP contribution in [-0.4, -0.2) is 6.54 Å². The number of fused-ring (bicyclic) bond motifs is 6. The summed E-state index contributed by atoms with van der Waals surface area (Å²) in [4.78, 5) is 3.86. The Bertz CT molecular complexity index is 916. The molecule has 5 rings (SSSR count). The van der Waals surface area contributed by atoms with Crippen LogP contribution in [0.1, 0.15) is 11.4 Å². The maximum atomic E-state index is 2.48. The molecule has 2 aliphatic heterocycles. The van der Waals surface area contributed by atoms with E-state index in [9.17, 15) is 0 Å². The van der Waals surface area contributed by atoms with Crippen molar-refractivity contribution in [3.63, 3.8) is 0 Å². The molecule has 0 aliphatic carbocycles. The lowest BCUT2D eigenvalue weighted by molar-refractivity contribution is -0.669. The minimum absolute atomic E-state index is 0. The van der Waals surface area contributed by atoms with E-state index in [1.807, 2.05) is 23.1 Å². The van der Waals surface area contributed by atoms with Crippen molar-refractivity contribution in [2.45, 2.75) is 17.9 Å². The number of para-hydroxylation sites is 2. The molecule has 0 fully saturated rings. The molecule has 2 nitrogen and oxygen atoms in total. The summed E-state index contributed by atoms with van der Waals surface area (Å²) in [7, 11) is 0. The van der Waals surface area contributed by atoms with Crippen molar-refractivity contribution < 1.29 is 17.0 Å². The molecule has 23 heavy (non-hydrogen) atoms. The maximum Gasteiger partial charge on any atom is 0.265 e. The first-order chi connectivity index (χ1) is 10.9. The van der Waals surface area contributed by atoms with Crippen molar-refractivity contribution in [2.24, 2.45) is 0 Å². The molecule has 116 valence electrons. The van der Waals surface area contributed by atoms with E-state index >= 15 is 0 Å². The second-order valence-corrected chi connectivity index (χ2v) is 7.74. The Balaban J connectivity index is 0.00000135. The van der Waals surface area contributed by atoms with Gasteiger partial charge in [0.05, 0.1) is 16.8 Å². The molecule has 0 saturated heterocycles. The van der Waals surface area contributed by atoms with Gasteiger partial charge in [0, 0.05) is 23.9 Å². The standard InChI is InChI=1S/C18H15N2S2.ClH/c1-3-8-15-13(6-1)19-10-5-11-20-14-7-2-4-9-16(14)22-18(20)12-17(19)21-15;/h1-4,6-9,12H,5,10-11H2;1H/q+1;/p-1. The van der Waals surface area contributed by atoms with E-state index in [1.54, 1.807) is 0 Å². The summed E-state index contributed by atoms with van der Waals surface area (Å²) in [6.45, 7) is 2.18. The molecular weight excluding hydrogens is 344 g/mol. The van der Waals surface area contributed by atoms with Crippen molar-refractivity contribution in [2.75, 3.05) is 11.4 Å². The number of anilines is 1. The zero-order valence-electron chi connectivity index (χ0n) is 12.4. The Hall–Kier alpha value is -1.49. The van der Waals surface area contributed by atoms with Gasteiger partial charge in [-0.2, -0.15) is 4.57 Å². The quantitative estimate of drug-likeness (QED) is 0.562. The van der Waals surface area contributed by atoms with Gasteiger partial charge in [0.25, 0.3) is 5.01 Å². The van der Waals surface area contributed by atoms with Crippen LogP contribution in [0.2, 0.25) is 0 Å². The Morgan fingerprint density at radius 2 is 1.83 bits per heavy atom. The molecule has 0 spiro atoms. The Morgan fingerprint density at radius 3 is 2.78 bits per heavy atom. The fraction of sp³-hybridized carbons (Fsp3) is 0.167. The van der Waals surface area contributed by atoms with Gasteiger partial charge in [-0.25, -0.2) is 0 Å². The largest absolute Gasteiger partial charge is 1.00 e. The highest BCUT2D eigenvalue weighted by molar-refractivity contribution is 8.03. The SMILES string of the molecule is C1=C2Sc3ccccc3N2CCC[n+]2c1sc1ccccc12.[Cl-].